The van der Waals surface area contributed by atoms with Crippen LogP contribution in [0.4, 0.5) is 13.2 Å². The molecule has 0 saturated heterocycles. The number of aryl methyl sites for hydroxylation is 1. The summed E-state index contributed by atoms with van der Waals surface area (Å²) in [5.74, 6) is -2.61. The van der Waals surface area contributed by atoms with Crippen molar-refractivity contribution in [3.05, 3.63) is 52.3 Å². The molecule has 0 amide bonds. The Morgan fingerprint density at radius 2 is 1.96 bits per heavy atom. The van der Waals surface area contributed by atoms with Gasteiger partial charge in [0.25, 0.3) is 0 Å². The summed E-state index contributed by atoms with van der Waals surface area (Å²) in [5, 5.41) is 9.69. The van der Waals surface area contributed by atoms with Crippen LogP contribution in [0, 0.1) is 6.92 Å². The highest BCUT2D eigenvalue weighted by Crippen LogP contribution is 2.34. The van der Waals surface area contributed by atoms with Crippen molar-refractivity contribution in [3.63, 3.8) is 0 Å². The SMILES string of the molecule is Cc1ccc(-c2cc(C(=O)O)c3nc(C(F)(F)F)[nH]c3c2)c(Cl)c1. The molecular weight excluding hydrogens is 345 g/mol. The zero-order chi connectivity index (χ0) is 17.6. The molecule has 3 aromatic rings. The zero-order valence-electron chi connectivity index (χ0n) is 12.2. The van der Waals surface area contributed by atoms with Crippen LogP contribution in [0.5, 0.6) is 0 Å². The smallest absolute Gasteiger partial charge is 0.449 e. The molecule has 0 aliphatic rings. The van der Waals surface area contributed by atoms with Gasteiger partial charge in [0, 0.05) is 10.6 Å². The highest BCUT2D eigenvalue weighted by molar-refractivity contribution is 6.33. The van der Waals surface area contributed by atoms with Gasteiger partial charge in [-0.25, -0.2) is 9.78 Å². The van der Waals surface area contributed by atoms with Crippen molar-refractivity contribution in [2.24, 2.45) is 0 Å². The van der Waals surface area contributed by atoms with E-state index in [2.05, 4.69) is 9.97 Å². The highest BCUT2D eigenvalue weighted by Gasteiger charge is 2.35. The van der Waals surface area contributed by atoms with Crippen LogP contribution in [0.1, 0.15) is 21.7 Å². The number of nitrogens with one attached hydrogen (secondary N) is 1. The Balaban J connectivity index is 2.29. The average Bonchev–Trinajstić information content (AvgIpc) is 2.90. The van der Waals surface area contributed by atoms with E-state index in [1.807, 2.05) is 6.92 Å². The predicted octanol–water partition coefficient (Wildman–Crippen LogP) is 4.91. The van der Waals surface area contributed by atoms with Crippen LogP contribution < -0.4 is 0 Å². The van der Waals surface area contributed by atoms with Gasteiger partial charge in [-0.2, -0.15) is 13.2 Å². The van der Waals surface area contributed by atoms with E-state index < -0.39 is 18.0 Å². The van der Waals surface area contributed by atoms with Crippen molar-refractivity contribution in [3.8, 4) is 11.1 Å². The Kier molecular flexibility index (Phi) is 3.76. The maximum Gasteiger partial charge on any atom is 0.449 e. The molecule has 1 aromatic heterocycles. The van der Waals surface area contributed by atoms with Gasteiger partial charge in [0.1, 0.15) is 5.52 Å². The molecule has 0 atom stereocenters. The molecule has 0 fully saturated rings. The average molecular weight is 355 g/mol. The summed E-state index contributed by atoms with van der Waals surface area (Å²) in [7, 11) is 0. The lowest BCUT2D eigenvalue weighted by atomic mass is 10.0. The molecule has 4 nitrogen and oxygen atoms in total. The van der Waals surface area contributed by atoms with Crippen LogP contribution in [0.3, 0.4) is 0 Å². The number of carboxylic acid groups (broad SMARTS) is 1. The molecule has 0 unspecified atom stereocenters. The van der Waals surface area contributed by atoms with Gasteiger partial charge >= 0.3 is 12.1 Å². The molecule has 2 aromatic carbocycles. The van der Waals surface area contributed by atoms with Crippen molar-refractivity contribution in [2.75, 3.05) is 0 Å². The number of aromatic carboxylic acids is 1. The number of rotatable bonds is 2. The first kappa shape index (κ1) is 16.3. The molecule has 2 N–H and O–H groups in total. The van der Waals surface area contributed by atoms with Gasteiger partial charge in [-0.15, -0.1) is 0 Å². The number of halogens is 4. The maximum atomic E-state index is 12.8. The first-order valence-electron chi connectivity index (χ1n) is 6.77. The number of aromatic amines is 1. The number of nitrogens with zero attached hydrogens (tertiary/aromatic N) is 1. The lowest BCUT2D eigenvalue weighted by Crippen LogP contribution is -2.07. The third kappa shape index (κ3) is 2.82. The van der Waals surface area contributed by atoms with Crippen LogP contribution in [0.2, 0.25) is 5.02 Å². The monoisotopic (exact) mass is 354 g/mol. The van der Waals surface area contributed by atoms with Gasteiger partial charge in [0.15, 0.2) is 0 Å². The molecule has 0 bridgehead atoms. The lowest BCUT2D eigenvalue weighted by molar-refractivity contribution is -0.144. The van der Waals surface area contributed by atoms with Crippen molar-refractivity contribution < 1.29 is 23.1 Å². The topological polar surface area (TPSA) is 66.0 Å². The summed E-state index contributed by atoms with van der Waals surface area (Å²) in [6, 6.07) is 7.82. The van der Waals surface area contributed by atoms with Gasteiger partial charge < -0.3 is 10.1 Å². The third-order valence-corrected chi connectivity index (χ3v) is 3.83. The van der Waals surface area contributed by atoms with Gasteiger partial charge in [-0.05, 0) is 36.2 Å². The molecule has 24 heavy (non-hydrogen) atoms. The van der Waals surface area contributed by atoms with Crippen molar-refractivity contribution >= 4 is 28.6 Å². The fraction of sp³-hybridized carbons (Fsp3) is 0.125. The highest BCUT2D eigenvalue weighted by atomic mass is 35.5. The summed E-state index contributed by atoms with van der Waals surface area (Å²) in [6.07, 6.45) is -4.70. The normalized spacial score (nSPS) is 11.9. The first-order chi connectivity index (χ1) is 11.2. The standard InChI is InChI=1S/C16H10ClF3N2O2/c1-7-2-3-9(11(17)4-7)8-5-10(14(23)24)13-12(6-8)21-15(22-13)16(18,19)20/h2-6H,1H3,(H,21,22)(H,23,24). The number of imidazole rings is 1. The van der Waals surface area contributed by atoms with E-state index in [9.17, 15) is 23.1 Å². The number of hydrogen-bond donors (Lipinski definition) is 2. The summed E-state index contributed by atoms with van der Waals surface area (Å²) in [4.78, 5) is 16.9. The van der Waals surface area contributed by atoms with Crippen molar-refractivity contribution in [1.82, 2.24) is 9.97 Å². The van der Waals surface area contributed by atoms with E-state index in [4.69, 9.17) is 11.6 Å². The number of carbonyl (C=O) groups is 1. The second-order valence-corrected chi connectivity index (χ2v) is 5.70. The number of benzene rings is 2. The molecule has 124 valence electrons. The predicted molar refractivity (Wildman–Crippen MR) is 83.2 cm³/mol. The van der Waals surface area contributed by atoms with Crippen LogP contribution >= 0.6 is 11.6 Å². The number of fused-ring (bicyclic) bond motifs is 1. The Labute approximate surface area is 138 Å². The minimum absolute atomic E-state index is 0.0196. The molecule has 8 heteroatoms. The third-order valence-electron chi connectivity index (χ3n) is 3.52. The van der Waals surface area contributed by atoms with Crippen molar-refractivity contribution in [1.29, 1.82) is 0 Å². The summed E-state index contributed by atoms with van der Waals surface area (Å²) >= 11 is 6.17. The molecule has 1 heterocycles. The van der Waals surface area contributed by atoms with Gasteiger partial charge in [-0.1, -0.05) is 23.7 Å². The van der Waals surface area contributed by atoms with Gasteiger partial charge in [0.2, 0.25) is 5.82 Å². The van der Waals surface area contributed by atoms with Gasteiger partial charge in [-0.3, -0.25) is 0 Å². The maximum absolute atomic E-state index is 12.8. The Morgan fingerprint density at radius 1 is 1.25 bits per heavy atom. The van der Waals surface area contributed by atoms with Crippen LogP contribution in [0.15, 0.2) is 30.3 Å². The first-order valence-corrected chi connectivity index (χ1v) is 7.15. The molecule has 0 spiro atoms. The van der Waals surface area contributed by atoms with E-state index in [1.54, 1.807) is 18.2 Å². The number of carboxylic acids is 1. The Morgan fingerprint density at radius 3 is 2.54 bits per heavy atom. The minimum atomic E-state index is -4.70. The lowest BCUT2D eigenvalue weighted by Gasteiger charge is -2.07. The summed E-state index contributed by atoms with van der Waals surface area (Å²) in [5.41, 5.74) is 1.22. The largest absolute Gasteiger partial charge is 0.478 e. The van der Waals surface area contributed by atoms with E-state index in [-0.39, 0.29) is 16.6 Å². The number of H-pyrrole nitrogens is 1. The molecular formula is C16H10ClF3N2O2. The quantitative estimate of drug-likeness (QED) is 0.687. The van der Waals surface area contributed by atoms with E-state index >= 15 is 0 Å². The van der Waals surface area contributed by atoms with Crippen molar-refractivity contribution in [2.45, 2.75) is 13.1 Å². The number of hydrogen-bond acceptors (Lipinski definition) is 2. The van der Waals surface area contributed by atoms with E-state index in [0.29, 0.717) is 16.1 Å². The molecule has 0 radical (unpaired) electrons. The van der Waals surface area contributed by atoms with E-state index in [1.165, 1.54) is 12.1 Å². The summed E-state index contributed by atoms with van der Waals surface area (Å²) < 4.78 is 38.5. The molecule has 0 aliphatic carbocycles. The fourth-order valence-electron chi connectivity index (χ4n) is 2.42. The van der Waals surface area contributed by atoms with Gasteiger partial charge in [0.05, 0.1) is 11.1 Å². The molecule has 3 rings (SSSR count). The zero-order valence-corrected chi connectivity index (χ0v) is 13.0. The second kappa shape index (κ2) is 5.52. The van der Waals surface area contributed by atoms with Crippen LogP contribution in [-0.2, 0) is 6.18 Å². The second-order valence-electron chi connectivity index (χ2n) is 5.29. The number of aromatic nitrogens is 2. The summed E-state index contributed by atoms with van der Waals surface area (Å²) in [6.45, 7) is 1.84. The Hall–Kier alpha value is -2.54. The van der Waals surface area contributed by atoms with Crippen LogP contribution in [0.25, 0.3) is 22.2 Å². The molecule has 0 saturated carbocycles. The Bertz CT molecular complexity index is 964. The number of alkyl halides is 3. The van der Waals surface area contributed by atoms with Crippen LogP contribution in [-0.4, -0.2) is 21.0 Å². The van der Waals surface area contributed by atoms with E-state index in [0.717, 1.165) is 5.56 Å². The minimum Gasteiger partial charge on any atom is -0.478 e. The molecule has 0 aliphatic heterocycles. The fourth-order valence-corrected chi connectivity index (χ4v) is 2.77.